The van der Waals surface area contributed by atoms with Crippen molar-refractivity contribution in [3.8, 4) is 0 Å². The van der Waals surface area contributed by atoms with Gasteiger partial charge in [-0.05, 0) is 30.5 Å². The molecule has 40 heavy (non-hydrogen) atoms. The first kappa shape index (κ1) is 28.2. The number of alkyl halides is 3. The van der Waals surface area contributed by atoms with Crippen molar-refractivity contribution in [1.29, 1.82) is 0 Å². The second-order valence-electron chi connectivity index (χ2n) is 10.2. The average Bonchev–Trinajstić information content (AvgIpc) is 3.31. The third kappa shape index (κ3) is 4.47. The van der Waals surface area contributed by atoms with Crippen LogP contribution in [0.1, 0.15) is 53.5 Å². The van der Waals surface area contributed by atoms with E-state index >= 15 is 8.78 Å². The van der Waals surface area contributed by atoms with Crippen LogP contribution in [0.25, 0.3) is 0 Å². The Morgan fingerprint density at radius 1 is 1.15 bits per heavy atom. The Labute approximate surface area is 225 Å². The lowest BCUT2D eigenvalue weighted by Gasteiger charge is -2.51. The highest BCUT2D eigenvalue weighted by Crippen LogP contribution is 2.59. The third-order valence-corrected chi connectivity index (χ3v) is 10.0. The Bertz CT molecular complexity index is 1600. The molecule has 2 fully saturated rings. The van der Waals surface area contributed by atoms with Gasteiger partial charge in [0.25, 0.3) is 0 Å². The summed E-state index contributed by atoms with van der Waals surface area (Å²) in [5.74, 6) is -4.06. The van der Waals surface area contributed by atoms with Crippen molar-refractivity contribution in [2.75, 3.05) is 0 Å². The first-order valence-electron chi connectivity index (χ1n) is 12.2. The smallest absolute Gasteiger partial charge is 0.391 e. The number of H-pyrrole nitrogens is 1. The summed E-state index contributed by atoms with van der Waals surface area (Å²) < 4.78 is 104. The number of rotatable bonds is 6. The van der Waals surface area contributed by atoms with E-state index in [1.165, 1.54) is 6.08 Å². The van der Waals surface area contributed by atoms with Gasteiger partial charge >= 0.3 is 11.9 Å². The Morgan fingerprint density at radius 3 is 2.40 bits per heavy atom. The van der Waals surface area contributed by atoms with E-state index in [1.54, 1.807) is 30.3 Å². The molecule has 1 aromatic heterocycles. The third-order valence-electron chi connectivity index (χ3n) is 7.77. The van der Waals surface area contributed by atoms with Gasteiger partial charge in [-0.25, -0.2) is 27.1 Å². The molecule has 0 unspecified atom stereocenters. The summed E-state index contributed by atoms with van der Waals surface area (Å²) in [5.41, 5.74) is -5.80. The topological polar surface area (TPSA) is 116 Å². The minimum Gasteiger partial charge on any atom is -0.391 e. The number of aromatic amines is 1. The molecule has 14 heteroatoms. The maximum atomic E-state index is 15.6. The van der Waals surface area contributed by atoms with Crippen molar-refractivity contribution >= 4 is 10.0 Å². The fourth-order valence-corrected chi connectivity index (χ4v) is 7.85. The van der Waals surface area contributed by atoms with E-state index in [0.717, 1.165) is 4.31 Å². The molecular formula is C26H24F5N3O5S. The molecule has 2 aliphatic rings. The lowest BCUT2D eigenvalue weighted by molar-refractivity contribution is -0.302. The summed E-state index contributed by atoms with van der Waals surface area (Å²) in [7, 11) is -4.06. The molecule has 2 atom stereocenters. The van der Waals surface area contributed by atoms with Crippen molar-refractivity contribution in [2.24, 2.45) is 0 Å². The summed E-state index contributed by atoms with van der Waals surface area (Å²) in [6.07, 6.45) is -5.38. The highest BCUT2D eigenvalue weighted by Gasteiger charge is 2.70. The molecule has 3 aromatic rings. The molecule has 2 heterocycles. The first-order chi connectivity index (χ1) is 18.7. The Morgan fingerprint density at radius 2 is 1.82 bits per heavy atom. The summed E-state index contributed by atoms with van der Waals surface area (Å²) in [4.78, 5) is 11.5. The van der Waals surface area contributed by atoms with E-state index in [2.05, 4.69) is 11.7 Å². The number of nitrogens with zero attached hydrogens (tertiary/aromatic N) is 2. The molecule has 0 amide bonds. The van der Waals surface area contributed by atoms with Crippen LogP contribution in [0.4, 0.5) is 22.0 Å². The average molecular weight is 586 g/mol. The molecule has 214 valence electrons. The monoisotopic (exact) mass is 585 g/mol. The molecule has 1 saturated heterocycles. The van der Waals surface area contributed by atoms with Crippen LogP contribution < -0.4 is 5.76 Å². The quantitative estimate of drug-likeness (QED) is 0.330. The maximum absolute atomic E-state index is 15.6. The standard InChI is InChI=1S/C26H24F5N3O5S/c1-2-17-8-9-21(15-6-4-3-5-7-15)40(37,38)34(17)12-16-10-20(28)18(11-19(16)27)24(22-32-33-23(35)39-22)13-25(36,14-24)26(29,30)31/h2-7,10-11,17,21,36H,1,8-9,12-14H2,(H,33,35)/t17-,21+,24?,25?/m0/s1. The minimum absolute atomic E-state index is 0.287. The van der Waals surface area contributed by atoms with E-state index in [9.17, 15) is 31.5 Å². The minimum atomic E-state index is -5.10. The van der Waals surface area contributed by atoms with E-state index in [1.807, 2.05) is 5.10 Å². The van der Waals surface area contributed by atoms with Crippen LogP contribution in [0.3, 0.4) is 0 Å². The van der Waals surface area contributed by atoms with Crippen LogP contribution in [0, 0.1) is 11.6 Å². The van der Waals surface area contributed by atoms with Crippen LogP contribution in [-0.4, -0.2) is 45.8 Å². The van der Waals surface area contributed by atoms with Crippen molar-refractivity contribution < 1.29 is 39.9 Å². The van der Waals surface area contributed by atoms with Gasteiger partial charge in [-0.1, -0.05) is 36.4 Å². The van der Waals surface area contributed by atoms with Crippen LogP contribution in [0.2, 0.25) is 0 Å². The summed E-state index contributed by atoms with van der Waals surface area (Å²) in [5, 5.41) is 14.6. The Kier molecular flexibility index (Phi) is 6.78. The van der Waals surface area contributed by atoms with E-state index in [-0.39, 0.29) is 12.0 Å². The molecule has 2 aromatic carbocycles. The fraction of sp³-hybridized carbons (Fsp3) is 0.385. The van der Waals surface area contributed by atoms with Gasteiger partial charge in [-0.2, -0.15) is 17.5 Å². The lowest BCUT2D eigenvalue weighted by Crippen LogP contribution is -2.63. The van der Waals surface area contributed by atoms with Crippen LogP contribution >= 0.6 is 0 Å². The van der Waals surface area contributed by atoms with E-state index in [4.69, 9.17) is 4.42 Å². The van der Waals surface area contributed by atoms with Crippen molar-refractivity contribution in [3.05, 3.63) is 99.9 Å². The molecular weight excluding hydrogens is 561 g/mol. The summed E-state index contributed by atoms with van der Waals surface area (Å²) in [6.45, 7) is 3.11. The molecule has 8 nitrogen and oxygen atoms in total. The van der Waals surface area contributed by atoms with E-state index in [0.29, 0.717) is 24.1 Å². The molecule has 2 N–H and O–H groups in total. The zero-order valence-electron chi connectivity index (χ0n) is 20.8. The molecule has 1 aliphatic carbocycles. The van der Waals surface area contributed by atoms with Crippen LogP contribution in [-0.2, 0) is 22.0 Å². The largest absolute Gasteiger partial charge is 0.434 e. The molecule has 1 aliphatic heterocycles. The van der Waals surface area contributed by atoms with Crippen LogP contribution in [0.15, 0.2) is 64.3 Å². The van der Waals surface area contributed by atoms with E-state index < -0.39 is 86.7 Å². The zero-order valence-corrected chi connectivity index (χ0v) is 21.6. The van der Waals surface area contributed by atoms with Gasteiger partial charge in [-0.15, -0.1) is 11.7 Å². The van der Waals surface area contributed by atoms with Crippen molar-refractivity contribution in [2.45, 2.75) is 60.7 Å². The molecule has 0 spiro atoms. The number of aromatic nitrogens is 2. The number of aliphatic hydroxyl groups is 1. The fourth-order valence-electron chi connectivity index (χ4n) is 5.70. The van der Waals surface area contributed by atoms with Crippen LogP contribution in [0.5, 0.6) is 0 Å². The maximum Gasteiger partial charge on any atom is 0.434 e. The summed E-state index contributed by atoms with van der Waals surface area (Å²) in [6, 6.07) is 9.08. The second-order valence-corrected chi connectivity index (χ2v) is 12.2. The van der Waals surface area contributed by atoms with Crippen molar-refractivity contribution in [3.63, 3.8) is 0 Å². The predicted molar refractivity (Wildman–Crippen MR) is 131 cm³/mol. The Balaban J connectivity index is 1.52. The number of benzene rings is 2. The second kappa shape index (κ2) is 9.63. The summed E-state index contributed by atoms with van der Waals surface area (Å²) >= 11 is 0. The number of hydrogen-bond donors (Lipinski definition) is 2. The molecule has 0 bridgehead atoms. The van der Waals surface area contributed by atoms with Gasteiger partial charge < -0.3 is 9.52 Å². The molecule has 1 saturated carbocycles. The molecule has 5 rings (SSSR count). The Hall–Kier alpha value is -3.36. The van der Waals surface area contributed by atoms with Crippen molar-refractivity contribution in [1.82, 2.24) is 14.5 Å². The number of hydrogen-bond acceptors (Lipinski definition) is 6. The van der Waals surface area contributed by atoms with Gasteiger partial charge in [0.2, 0.25) is 15.9 Å². The van der Waals surface area contributed by atoms with Gasteiger partial charge in [0, 0.05) is 36.6 Å². The highest BCUT2D eigenvalue weighted by atomic mass is 32.2. The number of nitrogens with one attached hydrogen (secondary N) is 1. The van der Waals surface area contributed by atoms with Gasteiger partial charge in [-0.3, -0.25) is 0 Å². The normalized spacial score (nSPS) is 28.6. The lowest BCUT2D eigenvalue weighted by atomic mass is 9.55. The number of halogens is 5. The SMILES string of the molecule is C=C[C@H]1CC[C@H](c2ccccc2)S(=O)(=O)N1Cc1cc(F)c(C2(c3n[nH]c(=O)o3)CC(O)(C(F)(F)F)C2)cc1F. The highest BCUT2D eigenvalue weighted by molar-refractivity contribution is 7.89. The molecule has 0 radical (unpaired) electrons. The zero-order chi connectivity index (χ0) is 29.1. The van der Waals surface area contributed by atoms with Gasteiger partial charge in [0.05, 0.1) is 5.41 Å². The van der Waals surface area contributed by atoms with Gasteiger partial charge in [0.1, 0.15) is 16.9 Å². The number of sulfonamides is 1. The van der Waals surface area contributed by atoms with Gasteiger partial charge in [0.15, 0.2) is 5.60 Å². The predicted octanol–water partition coefficient (Wildman–Crippen LogP) is 4.24. The first-order valence-corrected chi connectivity index (χ1v) is 13.7.